The average molecular weight is 524 g/mol. The molecule has 3 unspecified atom stereocenters. The normalized spacial score (nSPS) is 14.7. The fraction of sp³-hybridized carbons (Fsp3) is 0.500. The van der Waals surface area contributed by atoms with Crippen molar-refractivity contribution in [2.45, 2.75) is 71.1 Å². The van der Waals surface area contributed by atoms with Crippen LogP contribution in [0.25, 0.3) is 0 Å². The maximum absolute atomic E-state index is 11.4. The SMILES string of the molecule is CNCC(C=CC(=O)O)(CCCC(CCCCCC(C)C=O)Cc1ccc(O)cc1)Cc1cccc(O)c1. The molecule has 2 rings (SSSR count). The summed E-state index contributed by atoms with van der Waals surface area (Å²) in [6.45, 7) is 2.59. The molecular formula is C32H45NO5. The zero-order valence-electron chi connectivity index (χ0n) is 22.9. The van der Waals surface area contributed by atoms with E-state index in [0.29, 0.717) is 18.9 Å². The van der Waals surface area contributed by atoms with Gasteiger partial charge < -0.3 is 25.4 Å². The molecule has 38 heavy (non-hydrogen) atoms. The van der Waals surface area contributed by atoms with E-state index >= 15 is 0 Å². The molecule has 0 heterocycles. The largest absolute Gasteiger partial charge is 0.508 e. The molecule has 0 saturated heterocycles. The summed E-state index contributed by atoms with van der Waals surface area (Å²) in [5.41, 5.74) is 1.78. The van der Waals surface area contributed by atoms with Gasteiger partial charge in [-0.3, -0.25) is 0 Å². The highest BCUT2D eigenvalue weighted by molar-refractivity contribution is 5.79. The predicted octanol–water partition coefficient (Wildman–Crippen LogP) is 6.30. The number of nitrogens with one attached hydrogen (secondary N) is 1. The fourth-order valence-electron chi connectivity index (χ4n) is 5.31. The molecule has 0 aromatic heterocycles. The molecule has 0 fully saturated rings. The summed E-state index contributed by atoms with van der Waals surface area (Å²) in [5, 5.41) is 32.3. The number of aldehydes is 1. The summed E-state index contributed by atoms with van der Waals surface area (Å²) >= 11 is 0. The number of unbranched alkanes of at least 4 members (excludes halogenated alkanes) is 2. The summed E-state index contributed by atoms with van der Waals surface area (Å²) in [4.78, 5) is 22.3. The smallest absolute Gasteiger partial charge is 0.327 e. The van der Waals surface area contributed by atoms with Crippen LogP contribution in [-0.2, 0) is 22.4 Å². The number of aromatic hydroxyl groups is 2. The third-order valence-corrected chi connectivity index (χ3v) is 7.33. The standard InChI is InChI=1S/C32H45NO5/c1-25(23-34)8-4-3-5-9-26(20-27-13-15-29(35)16-14-27)11-7-18-32(24-33-2,19-17-31(37)38)22-28-10-6-12-30(36)21-28/h6,10,12-17,19,21,23,25-26,33,35-36H,3-5,7-9,11,18,20,22,24H2,1-2H3,(H,37,38). The van der Waals surface area contributed by atoms with Gasteiger partial charge in [0.2, 0.25) is 0 Å². The van der Waals surface area contributed by atoms with Gasteiger partial charge in [0.25, 0.3) is 0 Å². The molecule has 3 atom stereocenters. The van der Waals surface area contributed by atoms with E-state index in [4.69, 9.17) is 0 Å². The molecule has 6 nitrogen and oxygen atoms in total. The number of aliphatic carboxylic acids is 1. The lowest BCUT2D eigenvalue weighted by Crippen LogP contribution is -2.33. The number of phenolic OH excluding ortho intramolecular Hbond substituents is 2. The van der Waals surface area contributed by atoms with E-state index in [1.54, 1.807) is 24.3 Å². The van der Waals surface area contributed by atoms with Crippen molar-refractivity contribution in [3.05, 3.63) is 71.8 Å². The quantitative estimate of drug-likeness (QED) is 0.0978. The third kappa shape index (κ3) is 12.0. The number of benzene rings is 2. The van der Waals surface area contributed by atoms with Gasteiger partial charge >= 0.3 is 5.97 Å². The number of hydrogen-bond donors (Lipinski definition) is 4. The van der Waals surface area contributed by atoms with Gasteiger partial charge in [0.05, 0.1) is 0 Å². The summed E-state index contributed by atoms with van der Waals surface area (Å²) in [6.07, 6.45) is 13.7. The Morgan fingerprint density at radius 3 is 2.32 bits per heavy atom. The van der Waals surface area contributed by atoms with E-state index in [2.05, 4.69) is 5.32 Å². The minimum atomic E-state index is -0.963. The van der Waals surface area contributed by atoms with Crippen LogP contribution < -0.4 is 5.32 Å². The van der Waals surface area contributed by atoms with Crippen LogP contribution in [-0.4, -0.2) is 41.2 Å². The van der Waals surface area contributed by atoms with Gasteiger partial charge in [0.1, 0.15) is 17.8 Å². The second-order valence-corrected chi connectivity index (χ2v) is 10.8. The Kier molecular flexibility index (Phi) is 13.6. The first-order chi connectivity index (χ1) is 18.2. The lowest BCUT2D eigenvalue weighted by Gasteiger charge is -2.32. The van der Waals surface area contributed by atoms with Crippen molar-refractivity contribution in [2.75, 3.05) is 13.6 Å². The number of carboxylic acid groups (broad SMARTS) is 1. The fourth-order valence-corrected chi connectivity index (χ4v) is 5.31. The van der Waals surface area contributed by atoms with Crippen LogP contribution >= 0.6 is 0 Å². The first-order valence-electron chi connectivity index (χ1n) is 13.8. The van der Waals surface area contributed by atoms with Crippen LogP contribution in [0.15, 0.2) is 60.7 Å². The molecule has 0 aliphatic rings. The maximum atomic E-state index is 11.4. The highest BCUT2D eigenvalue weighted by Gasteiger charge is 2.28. The van der Waals surface area contributed by atoms with E-state index in [1.807, 2.05) is 44.3 Å². The van der Waals surface area contributed by atoms with Crippen LogP contribution in [0, 0.1) is 17.3 Å². The van der Waals surface area contributed by atoms with Crippen molar-refractivity contribution in [3.63, 3.8) is 0 Å². The third-order valence-electron chi connectivity index (χ3n) is 7.33. The van der Waals surface area contributed by atoms with Gasteiger partial charge in [-0.1, -0.05) is 75.8 Å². The molecule has 0 aliphatic heterocycles. The van der Waals surface area contributed by atoms with Gasteiger partial charge in [-0.05, 0) is 74.0 Å². The number of hydrogen-bond acceptors (Lipinski definition) is 5. The first-order valence-corrected chi connectivity index (χ1v) is 13.8. The van der Waals surface area contributed by atoms with Crippen LogP contribution in [0.3, 0.4) is 0 Å². The summed E-state index contributed by atoms with van der Waals surface area (Å²) in [6, 6.07) is 14.6. The molecular weight excluding hydrogens is 478 g/mol. The second kappa shape index (κ2) is 16.7. The first kappa shape index (κ1) is 31.1. The van der Waals surface area contributed by atoms with Crippen molar-refractivity contribution < 1.29 is 24.9 Å². The molecule has 2 aromatic rings. The monoisotopic (exact) mass is 523 g/mol. The Morgan fingerprint density at radius 2 is 1.66 bits per heavy atom. The second-order valence-electron chi connectivity index (χ2n) is 10.8. The van der Waals surface area contributed by atoms with Gasteiger partial charge in [-0.25, -0.2) is 4.79 Å². The Balaban J connectivity index is 2.10. The van der Waals surface area contributed by atoms with Crippen molar-refractivity contribution in [2.24, 2.45) is 17.3 Å². The number of carbonyl (C=O) groups excluding carboxylic acids is 1. The molecule has 0 saturated carbocycles. The van der Waals surface area contributed by atoms with Crippen molar-refractivity contribution in [3.8, 4) is 11.5 Å². The molecule has 0 aliphatic carbocycles. The summed E-state index contributed by atoms with van der Waals surface area (Å²) in [5.74, 6) is 0.103. The van der Waals surface area contributed by atoms with E-state index in [9.17, 15) is 24.9 Å². The van der Waals surface area contributed by atoms with Gasteiger partial charge in [0, 0.05) is 24.0 Å². The van der Waals surface area contributed by atoms with Crippen LogP contribution in [0.2, 0.25) is 0 Å². The molecule has 0 bridgehead atoms. The average Bonchev–Trinajstić information content (AvgIpc) is 2.88. The Morgan fingerprint density at radius 1 is 0.947 bits per heavy atom. The van der Waals surface area contributed by atoms with E-state index in [1.165, 1.54) is 11.6 Å². The van der Waals surface area contributed by atoms with Crippen LogP contribution in [0.1, 0.15) is 69.4 Å². The molecule has 208 valence electrons. The highest BCUT2D eigenvalue weighted by atomic mass is 16.4. The zero-order valence-corrected chi connectivity index (χ0v) is 22.9. The van der Waals surface area contributed by atoms with Crippen molar-refractivity contribution >= 4 is 12.3 Å². The zero-order chi connectivity index (χ0) is 27.8. The van der Waals surface area contributed by atoms with E-state index in [-0.39, 0.29) is 17.4 Å². The molecule has 4 N–H and O–H groups in total. The van der Waals surface area contributed by atoms with E-state index < -0.39 is 11.4 Å². The lowest BCUT2D eigenvalue weighted by molar-refractivity contribution is -0.131. The molecule has 0 radical (unpaired) electrons. The van der Waals surface area contributed by atoms with Gasteiger partial charge in [0.15, 0.2) is 0 Å². The number of rotatable bonds is 19. The topological polar surface area (TPSA) is 107 Å². The van der Waals surface area contributed by atoms with Gasteiger partial charge in [-0.15, -0.1) is 0 Å². The minimum absolute atomic E-state index is 0.119. The molecule has 0 amide bonds. The predicted molar refractivity (Wildman–Crippen MR) is 152 cm³/mol. The number of phenols is 2. The molecule has 2 aromatic carbocycles. The Bertz CT molecular complexity index is 1000. The highest BCUT2D eigenvalue weighted by Crippen LogP contribution is 2.34. The van der Waals surface area contributed by atoms with Crippen molar-refractivity contribution in [1.29, 1.82) is 0 Å². The Labute approximate surface area is 227 Å². The molecule has 0 spiro atoms. The van der Waals surface area contributed by atoms with Crippen LogP contribution in [0.5, 0.6) is 11.5 Å². The minimum Gasteiger partial charge on any atom is -0.508 e. The number of carbonyl (C=O) groups is 2. The maximum Gasteiger partial charge on any atom is 0.327 e. The van der Waals surface area contributed by atoms with Gasteiger partial charge in [-0.2, -0.15) is 0 Å². The van der Waals surface area contributed by atoms with Crippen molar-refractivity contribution in [1.82, 2.24) is 5.32 Å². The Hall–Kier alpha value is -3.12. The van der Waals surface area contributed by atoms with E-state index in [0.717, 1.165) is 69.6 Å². The van der Waals surface area contributed by atoms with Crippen LogP contribution in [0.4, 0.5) is 0 Å². The summed E-state index contributed by atoms with van der Waals surface area (Å²) in [7, 11) is 1.88. The number of carboxylic acids is 1. The summed E-state index contributed by atoms with van der Waals surface area (Å²) < 4.78 is 0. The molecule has 6 heteroatoms. The lowest BCUT2D eigenvalue weighted by atomic mass is 9.75.